The molecule has 0 saturated heterocycles. The number of sulfone groups is 1. The van der Waals surface area contributed by atoms with Gasteiger partial charge in [-0.25, -0.2) is 21.6 Å². The van der Waals surface area contributed by atoms with Crippen molar-refractivity contribution in [3.8, 4) is 5.75 Å². The van der Waals surface area contributed by atoms with Gasteiger partial charge in [-0.1, -0.05) is 35.4 Å². The second-order valence-corrected chi connectivity index (χ2v) is 11.1. The Morgan fingerprint density at radius 2 is 1.71 bits per heavy atom. The summed E-state index contributed by atoms with van der Waals surface area (Å²) in [6.45, 7) is 1.47. The molecule has 1 N–H and O–H groups in total. The first-order chi connectivity index (χ1) is 14.6. The van der Waals surface area contributed by atoms with Crippen LogP contribution in [-0.4, -0.2) is 35.5 Å². The van der Waals surface area contributed by atoms with Crippen molar-refractivity contribution < 1.29 is 21.6 Å². The molecule has 2 aromatic carbocycles. The largest absolute Gasteiger partial charge is 0.495 e. The van der Waals surface area contributed by atoms with Gasteiger partial charge in [0.25, 0.3) is 0 Å². The summed E-state index contributed by atoms with van der Waals surface area (Å²) in [6.07, 6.45) is 2.93. The zero-order valence-electron chi connectivity index (χ0n) is 16.8. The number of sulfonamides is 1. The first-order valence-corrected chi connectivity index (χ1v) is 12.6. The molecule has 3 aromatic rings. The smallest absolute Gasteiger partial charge is 0.240 e. The van der Waals surface area contributed by atoms with E-state index in [9.17, 15) is 16.8 Å². The van der Waals surface area contributed by atoms with Crippen LogP contribution in [0.5, 0.6) is 5.75 Å². The second-order valence-electron chi connectivity index (χ2n) is 6.78. The standard InChI is InChI=1S/C21H21ClN2O5S2/c1-15-5-7-17(8-6-15)30(25,26)21(16-4-3-11-23-13-16)14-24-31(27,28)18-9-10-20(29-2)19(22)12-18/h3-13,21,24H,14H2,1-2H3/t21-/m0/s1. The molecule has 164 valence electrons. The maximum Gasteiger partial charge on any atom is 0.240 e. The molecule has 0 unspecified atom stereocenters. The average Bonchev–Trinajstić information content (AvgIpc) is 2.74. The third kappa shape index (κ3) is 5.24. The monoisotopic (exact) mass is 480 g/mol. The zero-order valence-corrected chi connectivity index (χ0v) is 19.2. The van der Waals surface area contributed by atoms with E-state index in [2.05, 4.69) is 9.71 Å². The molecule has 0 bridgehead atoms. The minimum atomic E-state index is -4.03. The molecular formula is C21H21ClN2O5S2. The number of aromatic nitrogens is 1. The second kappa shape index (κ2) is 9.35. The van der Waals surface area contributed by atoms with E-state index >= 15 is 0 Å². The zero-order chi connectivity index (χ0) is 22.6. The van der Waals surface area contributed by atoms with Crippen LogP contribution >= 0.6 is 11.6 Å². The molecule has 0 saturated carbocycles. The average molecular weight is 481 g/mol. The number of methoxy groups -OCH3 is 1. The Hall–Kier alpha value is -2.46. The molecule has 3 rings (SSSR count). The summed E-state index contributed by atoms with van der Waals surface area (Å²) in [4.78, 5) is 3.98. The number of rotatable bonds is 8. The van der Waals surface area contributed by atoms with Crippen molar-refractivity contribution in [3.63, 3.8) is 0 Å². The number of hydrogen-bond acceptors (Lipinski definition) is 6. The third-order valence-corrected chi connectivity index (χ3v) is 8.51. The Morgan fingerprint density at radius 3 is 2.29 bits per heavy atom. The van der Waals surface area contributed by atoms with Gasteiger partial charge >= 0.3 is 0 Å². The Bertz CT molecular complexity index is 1260. The summed E-state index contributed by atoms with van der Waals surface area (Å²) in [6, 6.07) is 13.6. The Balaban J connectivity index is 1.94. The lowest BCUT2D eigenvalue weighted by Gasteiger charge is -2.19. The van der Waals surface area contributed by atoms with Crippen LogP contribution in [0, 0.1) is 6.92 Å². The van der Waals surface area contributed by atoms with Crippen LogP contribution in [0.3, 0.4) is 0 Å². The van der Waals surface area contributed by atoms with Gasteiger partial charge in [0.2, 0.25) is 10.0 Å². The topological polar surface area (TPSA) is 102 Å². The van der Waals surface area contributed by atoms with Crippen LogP contribution in [0.1, 0.15) is 16.4 Å². The lowest BCUT2D eigenvalue weighted by molar-refractivity contribution is 0.414. The Morgan fingerprint density at radius 1 is 1.03 bits per heavy atom. The van der Waals surface area contributed by atoms with Crippen molar-refractivity contribution in [3.05, 3.63) is 83.1 Å². The summed E-state index contributed by atoms with van der Waals surface area (Å²) < 4.78 is 59.7. The van der Waals surface area contributed by atoms with Crippen molar-refractivity contribution in [1.82, 2.24) is 9.71 Å². The van der Waals surface area contributed by atoms with E-state index in [0.717, 1.165) is 5.56 Å². The van der Waals surface area contributed by atoms with Crippen LogP contribution in [0.25, 0.3) is 0 Å². The van der Waals surface area contributed by atoms with E-state index in [1.54, 1.807) is 24.3 Å². The van der Waals surface area contributed by atoms with E-state index in [4.69, 9.17) is 16.3 Å². The van der Waals surface area contributed by atoms with Crippen molar-refractivity contribution >= 4 is 31.5 Å². The molecule has 0 spiro atoms. The minimum absolute atomic E-state index is 0.0960. The quantitative estimate of drug-likeness (QED) is 0.529. The van der Waals surface area contributed by atoms with Crippen LogP contribution in [0.15, 0.2) is 76.8 Å². The SMILES string of the molecule is COc1ccc(S(=O)(=O)NC[C@@H](c2cccnc2)S(=O)(=O)c2ccc(C)cc2)cc1Cl. The van der Waals surface area contributed by atoms with Gasteiger partial charge in [-0.15, -0.1) is 0 Å². The predicted octanol–water partition coefficient (Wildman–Crippen LogP) is 3.55. The van der Waals surface area contributed by atoms with Gasteiger partial charge in [-0.3, -0.25) is 4.98 Å². The highest BCUT2D eigenvalue weighted by molar-refractivity contribution is 7.92. The molecule has 10 heteroatoms. The molecule has 0 aliphatic heterocycles. The number of halogens is 1. The highest BCUT2D eigenvalue weighted by Gasteiger charge is 2.31. The molecule has 1 aromatic heterocycles. The van der Waals surface area contributed by atoms with E-state index < -0.39 is 25.1 Å². The summed E-state index contributed by atoms with van der Waals surface area (Å²) in [5.74, 6) is 0.329. The number of hydrogen-bond donors (Lipinski definition) is 1. The summed E-state index contributed by atoms with van der Waals surface area (Å²) in [7, 11) is -6.52. The fraction of sp³-hybridized carbons (Fsp3) is 0.190. The number of benzene rings is 2. The van der Waals surface area contributed by atoms with E-state index in [1.807, 2.05) is 6.92 Å². The molecule has 1 heterocycles. The van der Waals surface area contributed by atoms with E-state index in [0.29, 0.717) is 11.3 Å². The van der Waals surface area contributed by atoms with Crippen molar-refractivity contribution in [1.29, 1.82) is 0 Å². The number of pyridine rings is 1. The molecule has 31 heavy (non-hydrogen) atoms. The van der Waals surface area contributed by atoms with Gasteiger partial charge in [0.15, 0.2) is 9.84 Å². The first kappa shape index (κ1) is 23.2. The lowest BCUT2D eigenvalue weighted by atomic mass is 10.2. The molecule has 0 fully saturated rings. The third-order valence-electron chi connectivity index (χ3n) is 4.67. The summed E-state index contributed by atoms with van der Waals surface area (Å²) >= 11 is 6.04. The van der Waals surface area contributed by atoms with Gasteiger partial charge < -0.3 is 4.74 Å². The van der Waals surface area contributed by atoms with Gasteiger partial charge in [0.05, 0.1) is 21.9 Å². The predicted molar refractivity (Wildman–Crippen MR) is 119 cm³/mol. The minimum Gasteiger partial charge on any atom is -0.495 e. The Labute approximate surface area is 187 Å². The number of ether oxygens (including phenoxy) is 1. The van der Waals surface area contributed by atoms with Crippen molar-refractivity contribution in [2.45, 2.75) is 22.0 Å². The summed E-state index contributed by atoms with van der Waals surface area (Å²) in [5, 5.41) is -1.05. The van der Waals surface area contributed by atoms with Gasteiger partial charge in [0.1, 0.15) is 11.0 Å². The molecular weight excluding hydrogens is 460 g/mol. The van der Waals surface area contributed by atoms with E-state index in [1.165, 1.54) is 49.8 Å². The fourth-order valence-corrected chi connectivity index (χ4v) is 6.09. The molecule has 0 aliphatic rings. The summed E-state index contributed by atoms with van der Waals surface area (Å²) in [5.41, 5.74) is 1.28. The van der Waals surface area contributed by atoms with Crippen molar-refractivity contribution in [2.24, 2.45) is 0 Å². The lowest BCUT2D eigenvalue weighted by Crippen LogP contribution is -2.32. The van der Waals surface area contributed by atoms with Gasteiger partial charge in [-0.2, -0.15) is 0 Å². The number of aryl methyl sites for hydroxylation is 1. The highest BCUT2D eigenvalue weighted by atomic mass is 35.5. The number of nitrogens with zero attached hydrogens (tertiary/aromatic N) is 1. The van der Waals surface area contributed by atoms with Crippen LogP contribution in [0.2, 0.25) is 5.02 Å². The molecule has 0 amide bonds. The van der Waals surface area contributed by atoms with Crippen LogP contribution in [-0.2, 0) is 19.9 Å². The van der Waals surface area contributed by atoms with Crippen molar-refractivity contribution in [2.75, 3.05) is 13.7 Å². The first-order valence-electron chi connectivity index (χ1n) is 9.19. The van der Waals surface area contributed by atoms with Crippen LogP contribution in [0.4, 0.5) is 0 Å². The maximum absolute atomic E-state index is 13.3. The van der Waals surface area contributed by atoms with E-state index in [-0.39, 0.29) is 21.4 Å². The Kier molecular flexibility index (Phi) is 7.00. The highest BCUT2D eigenvalue weighted by Crippen LogP contribution is 2.30. The molecule has 1 atom stereocenters. The normalized spacial score (nSPS) is 13.0. The molecule has 0 radical (unpaired) electrons. The maximum atomic E-state index is 13.3. The van der Waals surface area contributed by atoms with Crippen LogP contribution < -0.4 is 9.46 Å². The molecule has 7 nitrogen and oxygen atoms in total. The molecule has 0 aliphatic carbocycles. The number of nitrogens with one attached hydrogen (secondary N) is 1. The van der Waals surface area contributed by atoms with Gasteiger partial charge in [0, 0.05) is 18.9 Å². The van der Waals surface area contributed by atoms with Gasteiger partial charge in [-0.05, 0) is 48.9 Å². The fourth-order valence-electron chi connectivity index (χ4n) is 2.95.